The first-order valence-electron chi connectivity index (χ1n) is 7.71. The Labute approximate surface area is 121 Å². The van der Waals surface area contributed by atoms with Crippen molar-refractivity contribution in [2.45, 2.75) is 45.1 Å². The summed E-state index contributed by atoms with van der Waals surface area (Å²) in [6.45, 7) is 3.99. The van der Waals surface area contributed by atoms with Crippen molar-refractivity contribution in [1.82, 2.24) is 4.90 Å². The van der Waals surface area contributed by atoms with Gasteiger partial charge in [0.25, 0.3) is 0 Å². The molecule has 20 heavy (non-hydrogen) atoms. The van der Waals surface area contributed by atoms with E-state index in [1.165, 1.54) is 5.56 Å². The fourth-order valence-electron chi connectivity index (χ4n) is 3.11. The summed E-state index contributed by atoms with van der Waals surface area (Å²) in [5.74, 6) is -0.0654. The van der Waals surface area contributed by atoms with Gasteiger partial charge in [0, 0.05) is 0 Å². The van der Waals surface area contributed by atoms with E-state index in [0.29, 0.717) is 5.92 Å². The van der Waals surface area contributed by atoms with E-state index >= 15 is 0 Å². The topological polar surface area (TPSA) is 40.5 Å². The van der Waals surface area contributed by atoms with E-state index in [4.69, 9.17) is 0 Å². The van der Waals surface area contributed by atoms with Gasteiger partial charge in [-0.05, 0) is 50.3 Å². The van der Waals surface area contributed by atoms with Crippen LogP contribution in [0.5, 0.6) is 0 Å². The minimum Gasteiger partial charge on any atom is -0.480 e. The predicted octanol–water partition coefficient (Wildman–Crippen LogP) is 3.19. The first-order chi connectivity index (χ1) is 9.70. The van der Waals surface area contributed by atoms with Crippen LogP contribution in [-0.2, 0) is 11.2 Å². The van der Waals surface area contributed by atoms with Crippen molar-refractivity contribution in [2.24, 2.45) is 5.92 Å². The van der Waals surface area contributed by atoms with Crippen LogP contribution in [0.1, 0.15) is 38.2 Å². The van der Waals surface area contributed by atoms with Gasteiger partial charge < -0.3 is 5.11 Å². The van der Waals surface area contributed by atoms with Gasteiger partial charge in [0.15, 0.2) is 0 Å². The third-order valence-electron chi connectivity index (χ3n) is 4.44. The van der Waals surface area contributed by atoms with Crippen LogP contribution in [0, 0.1) is 5.92 Å². The molecular weight excluding hydrogens is 250 g/mol. The summed E-state index contributed by atoms with van der Waals surface area (Å²) >= 11 is 0. The van der Waals surface area contributed by atoms with Crippen LogP contribution < -0.4 is 0 Å². The normalized spacial score (nSPS) is 23.6. The van der Waals surface area contributed by atoms with Gasteiger partial charge in [0.05, 0.1) is 0 Å². The first kappa shape index (κ1) is 15.0. The van der Waals surface area contributed by atoms with Gasteiger partial charge >= 0.3 is 5.97 Å². The molecule has 1 aliphatic heterocycles. The Morgan fingerprint density at radius 2 is 2.10 bits per heavy atom. The van der Waals surface area contributed by atoms with Crippen molar-refractivity contribution >= 4 is 5.97 Å². The van der Waals surface area contributed by atoms with Gasteiger partial charge in [-0.25, -0.2) is 0 Å². The molecule has 1 N–H and O–H groups in total. The van der Waals surface area contributed by atoms with E-state index in [-0.39, 0.29) is 6.04 Å². The van der Waals surface area contributed by atoms with Crippen LogP contribution in [0.4, 0.5) is 0 Å². The number of aliphatic carboxylic acids is 1. The Balaban J connectivity index is 1.83. The molecular formula is C17H25NO2. The lowest BCUT2D eigenvalue weighted by Crippen LogP contribution is -2.47. The fraction of sp³-hybridized carbons (Fsp3) is 0.588. The number of nitrogens with zero attached hydrogens (tertiary/aromatic N) is 1. The number of carbonyl (C=O) groups is 1. The summed E-state index contributed by atoms with van der Waals surface area (Å²) in [7, 11) is 0. The molecule has 1 fully saturated rings. The Morgan fingerprint density at radius 3 is 2.75 bits per heavy atom. The number of benzene rings is 1. The largest absolute Gasteiger partial charge is 0.480 e. The number of hydrogen-bond donors (Lipinski definition) is 1. The monoisotopic (exact) mass is 275 g/mol. The number of aryl methyl sites for hydroxylation is 1. The molecule has 110 valence electrons. The molecule has 1 heterocycles. The lowest BCUT2D eigenvalue weighted by atomic mass is 9.88. The number of carboxylic acid groups (broad SMARTS) is 1. The molecule has 3 heteroatoms. The predicted molar refractivity (Wildman–Crippen MR) is 80.8 cm³/mol. The van der Waals surface area contributed by atoms with Gasteiger partial charge in [-0.2, -0.15) is 0 Å². The number of carboxylic acids is 1. The Hall–Kier alpha value is -1.35. The highest BCUT2D eigenvalue weighted by Crippen LogP contribution is 2.25. The lowest BCUT2D eigenvalue weighted by Gasteiger charge is -2.36. The van der Waals surface area contributed by atoms with Crippen molar-refractivity contribution in [3.63, 3.8) is 0 Å². The molecule has 1 aliphatic rings. The maximum Gasteiger partial charge on any atom is 0.320 e. The average molecular weight is 275 g/mol. The third-order valence-corrected chi connectivity index (χ3v) is 4.44. The van der Waals surface area contributed by atoms with Crippen LogP contribution >= 0.6 is 0 Å². The van der Waals surface area contributed by atoms with Crippen LogP contribution in [0.15, 0.2) is 30.3 Å². The molecule has 0 saturated carbocycles. The van der Waals surface area contributed by atoms with E-state index in [1.54, 1.807) is 0 Å². The number of rotatable bonds is 6. The fourth-order valence-corrected chi connectivity index (χ4v) is 3.11. The molecule has 0 aliphatic carbocycles. The molecule has 0 amide bonds. The van der Waals surface area contributed by atoms with Crippen molar-refractivity contribution in [1.29, 1.82) is 0 Å². The van der Waals surface area contributed by atoms with Crippen molar-refractivity contribution in [3.05, 3.63) is 35.9 Å². The first-order valence-corrected chi connectivity index (χ1v) is 7.71. The summed E-state index contributed by atoms with van der Waals surface area (Å²) in [4.78, 5) is 13.6. The van der Waals surface area contributed by atoms with Gasteiger partial charge in [-0.3, -0.25) is 9.69 Å². The molecule has 0 bridgehead atoms. The van der Waals surface area contributed by atoms with E-state index in [9.17, 15) is 9.90 Å². The van der Waals surface area contributed by atoms with E-state index in [0.717, 1.165) is 45.2 Å². The van der Waals surface area contributed by atoms with Crippen LogP contribution in [0.3, 0.4) is 0 Å². The zero-order chi connectivity index (χ0) is 14.4. The summed E-state index contributed by atoms with van der Waals surface area (Å²) in [6.07, 6.45) is 5.12. The molecule has 3 nitrogen and oxygen atoms in total. The molecule has 1 saturated heterocycles. The highest BCUT2D eigenvalue weighted by atomic mass is 16.4. The second-order valence-corrected chi connectivity index (χ2v) is 5.78. The Morgan fingerprint density at radius 1 is 1.35 bits per heavy atom. The van der Waals surface area contributed by atoms with Gasteiger partial charge in [-0.15, -0.1) is 0 Å². The molecule has 2 rings (SSSR count). The summed E-state index contributed by atoms with van der Waals surface area (Å²) in [5.41, 5.74) is 1.34. The highest BCUT2D eigenvalue weighted by Gasteiger charge is 2.32. The van der Waals surface area contributed by atoms with Crippen molar-refractivity contribution in [2.75, 3.05) is 13.1 Å². The molecule has 0 spiro atoms. The van der Waals surface area contributed by atoms with E-state index in [2.05, 4.69) is 36.1 Å². The Kier molecular flexibility index (Phi) is 5.60. The SMILES string of the molecule is CCC1CCN(CCCc2ccccc2)C(C(=O)O)C1. The second-order valence-electron chi connectivity index (χ2n) is 5.78. The van der Waals surface area contributed by atoms with E-state index in [1.807, 2.05) is 6.07 Å². The van der Waals surface area contributed by atoms with E-state index < -0.39 is 5.97 Å². The average Bonchev–Trinajstić information content (AvgIpc) is 2.48. The summed E-state index contributed by atoms with van der Waals surface area (Å²) in [6, 6.07) is 10.1. The smallest absolute Gasteiger partial charge is 0.320 e. The van der Waals surface area contributed by atoms with Gasteiger partial charge in [-0.1, -0.05) is 43.7 Å². The molecule has 1 aromatic carbocycles. The summed E-state index contributed by atoms with van der Waals surface area (Å²) < 4.78 is 0. The van der Waals surface area contributed by atoms with Gasteiger partial charge in [0.1, 0.15) is 6.04 Å². The highest BCUT2D eigenvalue weighted by molar-refractivity contribution is 5.73. The third kappa shape index (κ3) is 4.07. The van der Waals surface area contributed by atoms with Gasteiger partial charge in [0.2, 0.25) is 0 Å². The molecule has 2 atom stereocenters. The number of piperidine rings is 1. The van der Waals surface area contributed by atoms with Crippen molar-refractivity contribution in [3.8, 4) is 0 Å². The maximum atomic E-state index is 11.4. The maximum absolute atomic E-state index is 11.4. The minimum atomic E-state index is -0.650. The quantitative estimate of drug-likeness (QED) is 0.866. The molecule has 1 aromatic rings. The second kappa shape index (κ2) is 7.44. The van der Waals surface area contributed by atoms with Crippen LogP contribution in [-0.4, -0.2) is 35.1 Å². The molecule has 0 radical (unpaired) electrons. The zero-order valence-electron chi connectivity index (χ0n) is 12.3. The van der Waals surface area contributed by atoms with Crippen LogP contribution in [0.25, 0.3) is 0 Å². The zero-order valence-corrected chi connectivity index (χ0v) is 12.3. The minimum absolute atomic E-state index is 0.274. The summed E-state index contributed by atoms with van der Waals surface area (Å²) in [5, 5.41) is 9.40. The Bertz CT molecular complexity index is 418. The molecule has 2 unspecified atom stereocenters. The van der Waals surface area contributed by atoms with Crippen molar-refractivity contribution < 1.29 is 9.90 Å². The molecule has 0 aromatic heterocycles. The number of hydrogen-bond acceptors (Lipinski definition) is 2. The lowest BCUT2D eigenvalue weighted by molar-refractivity contribution is -0.145. The standard InChI is InChI=1S/C17H25NO2/c1-2-14-10-12-18(16(13-14)17(19)20)11-6-9-15-7-4-3-5-8-15/h3-5,7-8,14,16H,2,6,9-13H2,1H3,(H,19,20). The van der Waals surface area contributed by atoms with Crippen LogP contribution in [0.2, 0.25) is 0 Å². The number of likely N-dealkylation sites (tertiary alicyclic amines) is 1.